The Morgan fingerprint density at radius 2 is 2.11 bits per heavy atom. The molecule has 0 bridgehead atoms. The lowest BCUT2D eigenvalue weighted by Crippen LogP contribution is -2.10. The summed E-state index contributed by atoms with van der Waals surface area (Å²) in [7, 11) is 0. The van der Waals surface area contributed by atoms with Gasteiger partial charge in [0.25, 0.3) is 0 Å². The van der Waals surface area contributed by atoms with Crippen molar-refractivity contribution in [2.45, 2.75) is 18.6 Å². The molecule has 0 fully saturated rings. The molecule has 2 atom stereocenters. The summed E-state index contributed by atoms with van der Waals surface area (Å²) in [4.78, 5) is 3.88. The molecule has 1 aromatic heterocycles. The first-order chi connectivity index (χ1) is 8.58. The molecule has 1 aliphatic heterocycles. The van der Waals surface area contributed by atoms with Crippen molar-refractivity contribution in [3.8, 4) is 0 Å². The van der Waals surface area contributed by atoms with E-state index in [1.54, 1.807) is 0 Å². The second-order valence-electron chi connectivity index (χ2n) is 4.05. The Hall–Kier alpha value is -1.37. The van der Waals surface area contributed by atoms with Crippen LogP contribution in [0.25, 0.3) is 0 Å². The fraction of sp³-hybridized carbons (Fsp3) is 0.273. The number of alkyl halides is 1. The zero-order valence-corrected chi connectivity index (χ0v) is 10.5. The van der Waals surface area contributed by atoms with E-state index < -0.39 is 23.8 Å². The summed E-state index contributed by atoms with van der Waals surface area (Å²) in [6.07, 6.45) is -1.31. The number of benzene rings is 1. The van der Waals surface area contributed by atoms with Gasteiger partial charge in [0, 0.05) is 12.0 Å². The lowest BCUT2D eigenvalue weighted by molar-refractivity contribution is 0.325. The van der Waals surface area contributed by atoms with Crippen LogP contribution in [-0.2, 0) is 0 Å². The molecule has 0 amide bonds. The van der Waals surface area contributed by atoms with Crippen molar-refractivity contribution >= 4 is 15.9 Å². The van der Waals surface area contributed by atoms with Crippen LogP contribution in [0.2, 0.25) is 0 Å². The van der Waals surface area contributed by atoms with Crippen LogP contribution in [0.15, 0.2) is 22.9 Å². The highest BCUT2D eigenvalue weighted by molar-refractivity contribution is 9.10. The highest BCUT2D eigenvalue weighted by atomic mass is 79.9. The van der Waals surface area contributed by atoms with Gasteiger partial charge in [0.05, 0.1) is 6.04 Å². The quantitative estimate of drug-likeness (QED) is 0.807. The molecule has 0 spiro atoms. The fourth-order valence-electron chi connectivity index (χ4n) is 2.19. The Morgan fingerprint density at radius 1 is 1.33 bits per heavy atom. The van der Waals surface area contributed by atoms with Crippen molar-refractivity contribution < 1.29 is 13.2 Å². The van der Waals surface area contributed by atoms with Crippen LogP contribution in [0.3, 0.4) is 0 Å². The maximum Gasteiger partial charge on any atom is 0.217 e. The Morgan fingerprint density at radius 3 is 2.89 bits per heavy atom. The van der Waals surface area contributed by atoms with Crippen LogP contribution < -0.4 is 0 Å². The van der Waals surface area contributed by atoms with Crippen LogP contribution >= 0.6 is 15.9 Å². The van der Waals surface area contributed by atoms with Gasteiger partial charge in [0.2, 0.25) is 4.73 Å². The van der Waals surface area contributed by atoms with Crippen molar-refractivity contribution in [2.75, 3.05) is 0 Å². The summed E-state index contributed by atoms with van der Waals surface area (Å²) in [5.74, 6) is -1.78. The Balaban J connectivity index is 2.11. The number of hydrogen-bond donors (Lipinski definition) is 0. The number of aromatic nitrogens is 3. The van der Waals surface area contributed by atoms with Crippen molar-refractivity contribution in [3.05, 3.63) is 46.0 Å². The summed E-state index contributed by atoms with van der Waals surface area (Å²) < 4.78 is 42.2. The molecule has 0 aliphatic carbocycles. The minimum absolute atomic E-state index is 0.0169. The Kier molecular flexibility index (Phi) is 2.65. The molecule has 0 saturated carbocycles. The van der Waals surface area contributed by atoms with Crippen LogP contribution in [-0.4, -0.2) is 14.8 Å². The van der Waals surface area contributed by atoms with Gasteiger partial charge < -0.3 is 0 Å². The molecule has 94 valence electrons. The maximum absolute atomic E-state index is 13.7. The monoisotopic (exact) mass is 317 g/mol. The van der Waals surface area contributed by atoms with E-state index in [4.69, 9.17) is 0 Å². The molecule has 2 heterocycles. The standard InChI is InChI=1S/C11H7BrF3N3/c12-11-16-10-7(14)4-8(18(10)17-11)5-2-1-3-6(13)9(5)15/h1-3,7-8H,4H2/t7-,8-/m1/s1. The molecule has 2 aromatic rings. The third-order valence-electron chi connectivity index (χ3n) is 2.98. The van der Waals surface area contributed by atoms with E-state index in [1.807, 2.05) is 0 Å². The SMILES string of the molecule is Fc1cccc([C@H]2C[C@@H](F)c3nc(Br)nn32)c1F. The van der Waals surface area contributed by atoms with E-state index in [-0.39, 0.29) is 22.5 Å². The molecule has 3 nitrogen and oxygen atoms in total. The first-order valence-corrected chi connectivity index (χ1v) is 6.07. The van der Waals surface area contributed by atoms with E-state index in [0.29, 0.717) is 0 Å². The highest BCUT2D eigenvalue weighted by Crippen LogP contribution is 2.40. The fourth-order valence-corrected chi connectivity index (χ4v) is 2.54. The minimum Gasteiger partial charge on any atom is -0.239 e. The lowest BCUT2D eigenvalue weighted by atomic mass is 10.0. The van der Waals surface area contributed by atoms with Crippen molar-refractivity contribution in [3.63, 3.8) is 0 Å². The zero-order valence-electron chi connectivity index (χ0n) is 8.95. The summed E-state index contributed by atoms with van der Waals surface area (Å²) >= 11 is 3.04. The molecule has 0 unspecified atom stereocenters. The van der Waals surface area contributed by atoms with E-state index >= 15 is 0 Å². The number of nitrogens with zero attached hydrogens (tertiary/aromatic N) is 3. The van der Waals surface area contributed by atoms with Gasteiger partial charge >= 0.3 is 0 Å². The van der Waals surface area contributed by atoms with E-state index in [2.05, 4.69) is 26.0 Å². The van der Waals surface area contributed by atoms with Crippen LogP contribution in [0.4, 0.5) is 13.2 Å². The molecule has 1 aliphatic rings. The third-order valence-corrected chi connectivity index (χ3v) is 3.31. The normalized spacial score (nSPS) is 22.2. The van der Waals surface area contributed by atoms with Gasteiger partial charge in [-0.15, -0.1) is 5.10 Å². The van der Waals surface area contributed by atoms with Gasteiger partial charge in [-0.25, -0.2) is 22.8 Å². The van der Waals surface area contributed by atoms with Gasteiger partial charge in [-0.3, -0.25) is 0 Å². The summed E-state index contributed by atoms with van der Waals surface area (Å²) in [6.45, 7) is 0. The largest absolute Gasteiger partial charge is 0.239 e. The highest BCUT2D eigenvalue weighted by Gasteiger charge is 2.36. The first kappa shape index (κ1) is 11.7. The van der Waals surface area contributed by atoms with Crippen LogP contribution in [0.1, 0.15) is 30.0 Å². The summed E-state index contributed by atoms with van der Waals surface area (Å²) in [5.41, 5.74) is 0.0915. The van der Waals surface area contributed by atoms with Crippen LogP contribution in [0.5, 0.6) is 0 Å². The van der Waals surface area contributed by atoms with Crippen molar-refractivity contribution in [2.24, 2.45) is 0 Å². The first-order valence-electron chi connectivity index (χ1n) is 5.28. The smallest absolute Gasteiger partial charge is 0.217 e. The van der Waals surface area contributed by atoms with E-state index in [1.165, 1.54) is 16.8 Å². The van der Waals surface area contributed by atoms with E-state index in [9.17, 15) is 13.2 Å². The number of fused-ring (bicyclic) bond motifs is 1. The van der Waals surface area contributed by atoms with Crippen molar-refractivity contribution in [1.82, 2.24) is 14.8 Å². The Labute approximate surface area is 109 Å². The molecule has 0 radical (unpaired) electrons. The predicted octanol–water partition coefficient (Wildman–Crippen LogP) is 3.32. The van der Waals surface area contributed by atoms with E-state index in [0.717, 1.165) is 6.07 Å². The van der Waals surface area contributed by atoms with Crippen LogP contribution in [0, 0.1) is 11.6 Å². The second-order valence-corrected chi connectivity index (χ2v) is 4.75. The lowest BCUT2D eigenvalue weighted by Gasteiger charge is -2.12. The number of rotatable bonds is 1. The topological polar surface area (TPSA) is 30.7 Å². The average molecular weight is 318 g/mol. The third kappa shape index (κ3) is 1.65. The van der Waals surface area contributed by atoms with Gasteiger partial charge in [-0.1, -0.05) is 12.1 Å². The molecular weight excluding hydrogens is 311 g/mol. The molecule has 0 N–H and O–H groups in total. The summed E-state index contributed by atoms with van der Waals surface area (Å²) in [6, 6.07) is 3.19. The van der Waals surface area contributed by atoms with Gasteiger partial charge in [-0.05, 0) is 22.0 Å². The molecule has 3 rings (SSSR count). The van der Waals surface area contributed by atoms with Crippen molar-refractivity contribution in [1.29, 1.82) is 0 Å². The molecule has 0 saturated heterocycles. The number of hydrogen-bond acceptors (Lipinski definition) is 2. The average Bonchev–Trinajstić information content (AvgIpc) is 2.83. The predicted molar refractivity (Wildman–Crippen MR) is 60.7 cm³/mol. The maximum atomic E-state index is 13.7. The molecule has 1 aromatic carbocycles. The molecular formula is C11H7BrF3N3. The molecule has 18 heavy (non-hydrogen) atoms. The van der Waals surface area contributed by atoms with Gasteiger partial charge in [0.1, 0.15) is 0 Å². The van der Waals surface area contributed by atoms with Gasteiger partial charge in [0.15, 0.2) is 23.6 Å². The molecule has 7 heteroatoms. The minimum atomic E-state index is -1.32. The van der Waals surface area contributed by atoms with Gasteiger partial charge in [-0.2, -0.15) is 0 Å². The number of halogens is 4. The zero-order chi connectivity index (χ0) is 12.9. The Bertz CT molecular complexity index is 614. The second kappa shape index (κ2) is 4.08. The summed E-state index contributed by atoms with van der Waals surface area (Å²) in [5, 5.41) is 3.96.